The van der Waals surface area contributed by atoms with Gasteiger partial charge in [0.1, 0.15) is 0 Å². The van der Waals surface area contributed by atoms with Gasteiger partial charge >= 0.3 is 0 Å². The van der Waals surface area contributed by atoms with Gasteiger partial charge in [0, 0.05) is 35.2 Å². The predicted molar refractivity (Wildman–Crippen MR) is 83.6 cm³/mol. The van der Waals surface area contributed by atoms with Crippen molar-refractivity contribution in [3.05, 3.63) is 58.3 Å². The van der Waals surface area contributed by atoms with E-state index in [1.165, 1.54) is 11.1 Å². The van der Waals surface area contributed by atoms with Crippen LogP contribution in [0.1, 0.15) is 15.9 Å². The molecule has 1 aromatic heterocycles. The molecule has 3 N–H and O–H groups in total. The molecule has 21 heavy (non-hydrogen) atoms. The number of anilines is 1. The molecule has 6 nitrogen and oxygen atoms in total. The molecule has 0 aliphatic carbocycles. The largest absolute Gasteiger partial charge is 0.409 e. The van der Waals surface area contributed by atoms with Crippen LogP contribution in [0.5, 0.6) is 0 Å². The van der Waals surface area contributed by atoms with Crippen molar-refractivity contribution in [3.8, 4) is 0 Å². The summed E-state index contributed by atoms with van der Waals surface area (Å²) >= 11 is 3.28. The lowest BCUT2D eigenvalue weighted by atomic mass is 10.1. The van der Waals surface area contributed by atoms with Gasteiger partial charge in [-0.1, -0.05) is 17.3 Å². The number of aromatic nitrogens is 1. The molecule has 1 heterocycles. The number of oxime groups is 1. The molecule has 7 heteroatoms. The Morgan fingerprint density at radius 2 is 2.10 bits per heavy atom. The minimum atomic E-state index is -0.208. The standard InChI is InChI=1S/C14H13BrN4O2/c1-19(14(20)10-5-11(15)8-17-7-10)12-4-2-3-9(6-12)13(16)18-21/h2-8,21H,1H3,(H2,16,18). The van der Waals surface area contributed by atoms with Crippen LogP contribution in [0.15, 0.2) is 52.4 Å². The average molecular weight is 349 g/mol. The minimum Gasteiger partial charge on any atom is -0.409 e. The van der Waals surface area contributed by atoms with E-state index in [2.05, 4.69) is 26.1 Å². The van der Waals surface area contributed by atoms with E-state index in [1.54, 1.807) is 43.6 Å². The van der Waals surface area contributed by atoms with Gasteiger partial charge in [-0.3, -0.25) is 9.78 Å². The summed E-state index contributed by atoms with van der Waals surface area (Å²) in [6.45, 7) is 0. The molecule has 108 valence electrons. The first kappa shape index (κ1) is 15.0. The van der Waals surface area contributed by atoms with Crippen LogP contribution in [0.3, 0.4) is 0 Å². The third-order valence-electron chi connectivity index (χ3n) is 2.89. The van der Waals surface area contributed by atoms with E-state index < -0.39 is 0 Å². The topological polar surface area (TPSA) is 91.8 Å². The van der Waals surface area contributed by atoms with Crippen molar-refractivity contribution in [1.29, 1.82) is 0 Å². The highest BCUT2D eigenvalue weighted by Crippen LogP contribution is 2.18. The molecule has 0 saturated heterocycles. The highest BCUT2D eigenvalue weighted by atomic mass is 79.9. The first-order valence-electron chi connectivity index (χ1n) is 5.99. The molecule has 0 radical (unpaired) electrons. The molecule has 0 unspecified atom stereocenters. The second-order valence-corrected chi connectivity index (χ2v) is 5.21. The number of amides is 1. The number of benzene rings is 1. The summed E-state index contributed by atoms with van der Waals surface area (Å²) in [4.78, 5) is 17.8. The molecule has 0 spiro atoms. The highest BCUT2D eigenvalue weighted by Gasteiger charge is 2.15. The number of carbonyl (C=O) groups is 1. The van der Waals surface area contributed by atoms with Gasteiger partial charge in [-0.25, -0.2) is 0 Å². The Labute approximate surface area is 130 Å². The second-order valence-electron chi connectivity index (χ2n) is 4.29. The fourth-order valence-electron chi connectivity index (χ4n) is 1.77. The van der Waals surface area contributed by atoms with Crippen LogP contribution in [-0.2, 0) is 0 Å². The van der Waals surface area contributed by atoms with E-state index in [-0.39, 0.29) is 11.7 Å². The monoisotopic (exact) mass is 348 g/mol. The molecule has 1 aromatic carbocycles. The zero-order valence-corrected chi connectivity index (χ0v) is 12.8. The van der Waals surface area contributed by atoms with Crippen molar-refractivity contribution in [2.24, 2.45) is 10.9 Å². The van der Waals surface area contributed by atoms with Gasteiger partial charge in [-0.05, 0) is 34.1 Å². The third-order valence-corrected chi connectivity index (χ3v) is 3.33. The molecule has 0 bridgehead atoms. The average Bonchev–Trinajstić information content (AvgIpc) is 2.52. The van der Waals surface area contributed by atoms with Crippen LogP contribution in [0.4, 0.5) is 5.69 Å². The fraction of sp³-hybridized carbons (Fsp3) is 0.0714. The molecule has 2 aromatic rings. The van der Waals surface area contributed by atoms with Gasteiger partial charge in [0.25, 0.3) is 5.91 Å². The maximum atomic E-state index is 12.4. The lowest BCUT2D eigenvalue weighted by molar-refractivity contribution is 0.0992. The molecule has 0 aliphatic heterocycles. The number of hydrogen-bond donors (Lipinski definition) is 2. The van der Waals surface area contributed by atoms with E-state index in [4.69, 9.17) is 10.9 Å². The maximum absolute atomic E-state index is 12.4. The molecule has 0 fully saturated rings. The van der Waals surface area contributed by atoms with Gasteiger partial charge in [0.05, 0.1) is 5.56 Å². The number of nitrogens with two attached hydrogens (primary N) is 1. The number of hydrogen-bond acceptors (Lipinski definition) is 4. The van der Waals surface area contributed by atoms with Crippen molar-refractivity contribution in [2.75, 3.05) is 11.9 Å². The Balaban J connectivity index is 2.31. The highest BCUT2D eigenvalue weighted by molar-refractivity contribution is 9.10. The minimum absolute atomic E-state index is 0.0122. The van der Waals surface area contributed by atoms with Gasteiger partial charge in [-0.2, -0.15) is 0 Å². The molecule has 0 saturated carbocycles. The van der Waals surface area contributed by atoms with Crippen LogP contribution in [0.25, 0.3) is 0 Å². The fourth-order valence-corrected chi connectivity index (χ4v) is 2.14. The number of amidine groups is 1. The van der Waals surface area contributed by atoms with Gasteiger partial charge in [0.2, 0.25) is 0 Å². The van der Waals surface area contributed by atoms with Crippen molar-refractivity contribution >= 4 is 33.4 Å². The summed E-state index contributed by atoms with van der Waals surface area (Å²) in [6, 6.07) is 8.54. The number of carbonyl (C=O) groups excluding carboxylic acids is 1. The zero-order chi connectivity index (χ0) is 15.4. The third kappa shape index (κ3) is 3.38. The number of halogens is 1. The Morgan fingerprint density at radius 1 is 1.33 bits per heavy atom. The lowest BCUT2D eigenvalue weighted by Crippen LogP contribution is -2.26. The van der Waals surface area contributed by atoms with Crippen LogP contribution in [0.2, 0.25) is 0 Å². The second kappa shape index (κ2) is 6.36. The SMILES string of the molecule is CN(C(=O)c1cncc(Br)c1)c1cccc(C(N)=NO)c1. The maximum Gasteiger partial charge on any atom is 0.259 e. The van der Waals surface area contributed by atoms with Crippen LogP contribution >= 0.6 is 15.9 Å². The van der Waals surface area contributed by atoms with E-state index >= 15 is 0 Å². The summed E-state index contributed by atoms with van der Waals surface area (Å²) in [5.74, 6) is -0.220. The van der Waals surface area contributed by atoms with Gasteiger partial charge < -0.3 is 15.8 Å². The molecular formula is C14H13BrN4O2. The predicted octanol–water partition coefficient (Wildman–Crippen LogP) is 2.22. The van der Waals surface area contributed by atoms with E-state index in [0.717, 1.165) is 4.47 Å². The summed E-state index contributed by atoms with van der Waals surface area (Å²) in [5.41, 5.74) is 7.17. The van der Waals surface area contributed by atoms with Crippen molar-refractivity contribution in [1.82, 2.24) is 4.98 Å². The molecule has 0 atom stereocenters. The van der Waals surface area contributed by atoms with Gasteiger partial charge in [0.15, 0.2) is 5.84 Å². The zero-order valence-electron chi connectivity index (χ0n) is 11.2. The normalized spacial score (nSPS) is 11.2. The Kier molecular flexibility index (Phi) is 4.54. The molecule has 0 aliphatic rings. The first-order valence-corrected chi connectivity index (χ1v) is 6.79. The first-order chi connectivity index (χ1) is 10.0. The Bertz CT molecular complexity index is 703. The Morgan fingerprint density at radius 3 is 2.76 bits per heavy atom. The number of pyridine rings is 1. The lowest BCUT2D eigenvalue weighted by Gasteiger charge is -2.18. The van der Waals surface area contributed by atoms with E-state index in [9.17, 15) is 4.79 Å². The van der Waals surface area contributed by atoms with E-state index in [1.807, 2.05) is 0 Å². The van der Waals surface area contributed by atoms with Crippen molar-refractivity contribution in [3.63, 3.8) is 0 Å². The summed E-state index contributed by atoms with van der Waals surface area (Å²) in [5, 5.41) is 11.7. The summed E-state index contributed by atoms with van der Waals surface area (Å²) in [7, 11) is 1.65. The van der Waals surface area contributed by atoms with Gasteiger partial charge in [-0.15, -0.1) is 0 Å². The quantitative estimate of drug-likeness (QED) is 0.385. The van der Waals surface area contributed by atoms with Crippen molar-refractivity contribution < 1.29 is 10.0 Å². The van der Waals surface area contributed by atoms with Crippen molar-refractivity contribution in [2.45, 2.75) is 0 Å². The summed E-state index contributed by atoms with van der Waals surface area (Å²) in [6.07, 6.45) is 3.10. The van der Waals surface area contributed by atoms with Crippen LogP contribution in [0, 0.1) is 0 Å². The Hall–Kier alpha value is -2.41. The van der Waals surface area contributed by atoms with Crippen LogP contribution < -0.4 is 10.6 Å². The van der Waals surface area contributed by atoms with E-state index in [0.29, 0.717) is 16.8 Å². The smallest absolute Gasteiger partial charge is 0.259 e. The number of nitrogens with zero attached hydrogens (tertiary/aromatic N) is 3. The molecule has 1 amide bonds. The van der Waals surface area contributed by atoms with Crippen LogP contribution in [-0.4, -0.2) is 29.0 Å². The molecule has 2 rings (SSSR count). The molecular weight excluding hydrogens is 336 g/mol. The summed E-state index contributed by atoms with van der Waals surface area (Å²) < 4.78 is 0.729. The number of rotatable bonds is 3.